The third-order valence-corrected chi connectivity index (χ3v) is 6.10. The first kappa shape index (κ1) is 21.6. The summed E-state index contributed by atoms with van der Waals surface area (Å²) in [5, 5.41) is 9.79. The van der Waals surface area contributed by atoms with Crippen molar-refractivity contribution in [1.82, 2.24) is 4.98 Å². The number of carbonyl (C=O) groups excluding carboxylic acids is 1. The molecule has 0 saturated heterocycles. The highest BCUT2D eigenvalue weighted by Gasteiger charge is 2.28. The van der Waals surface area contributed by atoms with Crippen LogP contribution in [0.4, 0.5) is 11.4 Å². The second-order valence-corrected chi connectivity index (χ2v) is 8.41. The van der Waals surface area contributed by atoms with Gasteiger partial charge in [0, 0.05) is 17.1 Å². The van der Waals surface area contributed by atoms with Gasteiger partial charge in [-0.1, -0.05) is 68.9 Å². The Morgan fingerprint density at radius 1 is 1.00 bits per heavy atom. The van der Waals surface area contributed by atoms with Gasteiger partial charge in [0.25, 0.3) is 0 Å². The fourth-order valence-electron chi connectivity index (χ4n) is 3.10. The summed E-state index contributed by atoms with van der Waals surface area (Å²) in [6.07, 6.45) is 0.623. The van der Waals surface area contributed by atoms with Crippen LogP contribution in [0.3, 0.4) is 0 Å². The van der Waals surface area contributed by atoms with Gasteiger partial charge in [-0.05, 0) is 48.7 Å². The average molecular weight is 416 g/mol. The molecule has 3 aromatic rings. The Hall–Kier alpha value is -3.10. The van der Waals surface area contributed by atoms with E-state index < -0.39 is 0 Å². The van der Waals surface area contributed by atoms with Crippen LogP contribution in [0.15, 0.2) is 77.8 Å². The van der Waals surface area contributed by atoms with Crippen molar-refractivity contribution in [2.45, 2.75) is 43.4 Å². The standard InChI is InChI=1S/C25H25N3OS/c1-4-23(30-24-19(17-26)15-16-22(27-24)18(2)3)25(29)28(20-11-7-5-8-12-20)21-13-9-6-10-14-21/h5-16,18,23H,4H2,1-3H3. The minimum Gasteiger partial charge on any atom is -0.280 e. The molecule has 0 aliphatic rings. The Balaban J connectivity index is 1.98. The molecular weight excluding hydrogens is 390 g/mol. The van der Waals surface area contributed by atoms with Gasteiger partial charge in [-0.3, -0.25) is 9.69 Å². The monoisotopic (exact) mass is 415 g/mol. The molecule has 0 N–H and O–H groups in total. The van der Waals surface area contributed by atoms with Crippen LogP contribution >= 0.6 is 11.8 Å². The van der Waals surface area contributed by atoms with Crippen molar-refractivity contribution in [2.75, 3.05) is 4.90 Å². The van der Waals surface area contributed by atoms with Gasteiger partial charge in [-0.15, -0.1) is 0 Å². The number of nitrogens with zero attached hydrogens (tertiary/aromatic N) is 3. The van der Waals surface area contributed by atoms with Gasteiger partial charge in [0.05, 0.1) is 10.8 Å². The Labute approximate surface area is 182 Å². The summed E-state index contributed by atoms with van der Waals surface area (Å²) >= 11 is 1.37. The van der Waals surface area contributed by atoms with Crippen LogP contribution in [0.25, 0.3) is 0 Å². The maximum atomic E-state index is 13.7. The molecule has 30 heavy (non-hydrogen) atoms. The van der Waals surface area contributed by atoms with Crippen LogP contribution in [0, 0.1) is 11.3 Å². The number of aromatic nitrogens is 1. The maximum absolute atomic E-state index is 13.7. The largest absolute Gasteiger partial charge is 0.280 e. The Kier molecular flexibility index (Phi) is 7.26. The number of amides is 1. The van der Waals surface area contributed by atoms with Crippen LogP contribution < -0.4 is 4.90 Å². The number of hydrogen-bond acceptors (Lipinski definition) is 4. The van der Waals surface area contributed by atoms with Crippen LogP contribution in [-0.2, 0) is 4.79 Å². The van der Waals surface area contributed by atoms with Crippen LogP contribution in [0.5, 0.6) is 0 Å². The van der Waals surface area contributed by atoms with E-state index in [1.165, 1.54) is 11.8 Å². The molecule has 0 spiro atoms. The third-order valence-electron chi connectivity index (χ3n) is 4.74. The molecule has 1 atom stereocenters. The molecule has 0 fully saturated rings. The Bertz CT molecular complexity index is 990. The fraction of sp³-hybridized carbons (Fsp3) is 0.240. The average Bonchev–Trinajstić information content (AvgIpc) is 2.78. The third kappa shape index (κ3) is 4.90. The van der Waals surface area contributed by atoms with Gasteiger partial charge >= 0.3 is 0 Å². The normalized spacial score (nSPS) is 11.7. The summed E-state index contributed by atoms with van der Waals surface area (Å²) in [5.74, 6) is 0.221. The molecule has 152 valence electrons. The summed E-state index contributed by atoms with van der Waals surface area (Å²) in [6, 6.07) is 25.2. The van der Waals surface area contributed by atoms with E-state index in [1.807, 2.05) is 73.7 Å². The fourth-order valence-corrected chi connectivity index (χ4v) is 4.14. The Morgan fingerprint density at radius 2 is 1.57 bits per heavy atom. The second-order valence-electron chi connectivity index (χ2n) is 7.21. The SMILES string of the molecule is CCC(Sc1nc(C(C)C)ccc1C#N)C(=O)N(c1ccccc1)c1ccccc1. The molecule has 1 heterocycles. The van der Waals surface area contributed by atoms with Gasteiger partial charge < -0.3 is 0 Å². The minimum atomic E-state index is -0.368. The van der Waals surface area contributed by atoms with Gasteiger partial charge in [0.2, 0.25) is 5.91 Å². The number of carbonyl (C=O) groups is 1. The summed E-state index contributed by atoms with van der Waals surface area (Å²) in [4.78, 5) is 20.1. The topological polar surface area (TPSA) is 57.0 Å². The maximum Gasteiger partial charge on any atom is 0.245 e. The number of pyridine rings is 1. The van der Waals surface area contributed by atoms with Crippen molar-refractivity contribution in [2.24, 2.45) is 0 Å². The zero-order valence-corrected chi connectivity index (χ0v) is 18.3. The van der Waals surface area contributed by atoms with E-state index in [1.54, 1.807) is 11.0 Å². The number of rotatable bonds is 7. The summed E-state index contributed by atoms with van der Waals surface area (Å²) in [6.45, 7) is 6.12. The lowest BCUT2D eigenvalue weighted by atomic mass is 10.1. The number of nitriles is 1. The quantitative estimate of drug-likeness (QED) is 0.424. The van der Waals surface area contributed by atoms with Crippen molar-refractivity contribution in [3.8, 4) is 6.07 Å². The van der Waals surface area contributed by atoms with E-state index in [0.717, 1.165) is 17.1 Å². The predicted octanol–water partition coefficient (Wildman–Crippen LogP) is 6.31. The van der Waals surface area contributed by atoms with E-state index in [0.29, 0.717) is 17.0 Å². The molecule has 4 nitrogen and oxygen atoms in total. The predicted molar refractivity (Wildman–Crippen MR) is 123 cm³/mol. The van der Waals surface area contributed by atoms with Gasteiger partial charge in [0.15, 0.2) is 0 Å². The van der Waals surface area contributed by atoms with Crippen molar-refractivity contribution >= 4 is 29.0 Å². The molecule has 2 aromatic carbocycles. The second kappa shape index (κ2) is 10.1. The molecule has 0 radical (unpaired) electrons. The highest BCUT2D eigenvalue weighted by molar-refractivity contribution is 8.00. The molecular formula is C25H25N3OS. The van der Waals surface area contributed by atoms with Gasteiger partial charge in [0.1, 0.15) is 11.1 Å². The van der Waals surface area contributed by atoms with E-state index in [-0.39, 0.29) is 17.1 Å². The summed E-state index contributed by atoms with van der Waals surface area (Å²) in [5.41, 5.74) is 3.05. The molecule has 5 heteroatoms. The molecule has 3 rings (SSSR count). The van der Waals surface area contributed by atoms with E-state index in [9.17, 15) is 10.1 Å². The molecule has 1 amide bonds. The molecule has 1 aromatic heterocycles. The van der Waals surface area contributed by atoms with Gasteiger partial charge in [-0.25, -0.2) is 4.98 Å². The number of hydrogen-bond donors (Lipinski definition) is 0. The van der Waals surface area contributed by atoms with Crippen molar-refractivity contribution in [3.63, 3.8) is 0 Å². The zero-order chi connectivity index (χ0) is 21.5. The van der Waals surface area contributed by atoms with Crippen molar-refractivity contribution < 1.29 is 4.79 Å². The number of thioether (sulfide) groups is 1. The van der Waals surface area contributed by atoms with Gasteiger partial charge in [-0.2, -0.15) is 5.26 Å². The Morgan fingerprint density at radius 3 is 2.03 bits per heavy atom. The highest BCUT2D eigenvalue weighted by atomic mass is 32.2. The van der Waals surface area contributed by atoms with E-state index in [4.69, 9.17) is 0 Å². The highest BCUT2D eigenvalue weighted by Crippen LogP contribution is 2.33. The first-order valence-electron chi connectivity index (χ1n) is 10.1. The number of anilines is 2. The summed E-state index contributed by atoms with van der Waals surface area (Å²) in [7, 11) is 0. The molecule has 0 aliphatic heterocycles. The van der Waals surface area contributed by atoms with E-state index in [2.05, 4.69) is 24.9 Å². The lowest BCUT2D eigenvalue weighted by Gasteiger charge is -2.27. The minimum absolute atomic E-state index is 0.0273. The lowest BCUT2D eigenvalue weighted by Crippen LogP contribution is -2.34. The molecule has 1 unspecified atom stereocenters. The van der Waals surface area contributed by atoms with Crippen LogP contribution in [0.2, 0.25) is 0 Å². The molecule has 0 aliphatic carbocycles. The van der Waals surface area contributed by atoms with Crippen LogP contribution in [0.1, 0.15) is 44.4 Å². The number of para-hydroxylation sites is 2. The molecule has 0 saturated carbocycles. The lowest BCUT2D eigenvalue weighted by molar-refractivity contribution is -0.117. The van der Waals surface area contributed by atoms with Crippen molar-refractivity contribution in [1.29, 1.82) is 5.26 Å². The van der Waals surface area contributed by atoms with Crippen LogP contribution in [-0.4, -0.2) is 16.1 Å². The summed E-state index contributed by atoms with van der Waals surface area (Å²) < 4.78 is 0. The first-order valence-corrected chi connectivity index (χ1v) is 10.9. The first-order chi connectivity index (χ1) is 14.5. The zero-order valence-electron chi connectivity index (χ0n) is 17.4. The molecule has 0 bridgehead atoms. The smallest absolute Gasteiger partial charge is 0.245 e. The van der Waals surface area contributed by atoms with E-state index >= 15 is 0 Å². The number of benzene rings is 2. The van der Waals surface area contributed by atoms with Crippen molar-refractivity contribution in [3.05, 3.63) is 84.1 Å².